The van der Waals surface area contributed by atoms with E-state index in [1.165, 1.54) is 12.8 Å². The molecule has 1 saturated carbocycles. The molecule has 0 aliphatic heterocycles. The molecule has 5 nitrogen and oxygen atoms in total. The summed E-state index contributed by atoms with van der Waals surface area (Å²) >= 11 is 0. The highest BCUT2D eigenvalue weighted by atomic mass is 16.5. The first-order valence-corrected chi connectivity index (χ1v) is 5.66. The van der Waals surface area contributed by atoms with Crippen molar-refractivity contribution in [1.82, 2.24) is 15.0 Å². The zero-order chi connectivity index (χ0) is 11.4. The fourth-order valence-electron chi connectivity index (χ4n) is 1.71. The maximum atomic E-state index is 8.61. The van der Waals surface area contributed by atoms with Gasteiger partial charge in [0, 0.05) is 26.4 Å². The molecule has 1 aromatic rings. The summed E-state index contributed by atoms with van der Waals surface area (Å²) in [5.41, 5.74) is 0. The van der Waals surface area contributed by atoms with Crippen LogP contribution in [0.4, 0.5) is 0 Å². The third-order valence-corrected chi connectivity index (χ3v) is 2.69. The molecule has 0 saturated heterocycles. The van der Waals surface area contributed by atoms with Gasteiger partial charge in [-0.15, -0.1) is 0 Å². The van der Waals surface area contributed by atoms with Crippen LogP contribution in [-0.2, 0) is 6.54 Å². The van der Waals surface area contributed by atoms with Gasteiger partial charge in [0.25, 0.3) is 0 Å². The zero-order valence-electron chi connectivity index (χ0n) is 9.52. The number of hydrogen-bond acceptors (Lipinski definition) is 5. The lowest BCUT2D eigenvalue weighted by molar-refractivity contribution is 0.249. The van der Waals surface area contributed by atoms with Crippen LogP contribution in [-0.4, -0.2) is 28.1 Å². The molecule has 0 atom stereocenters. The van der Waals surface area contributed by atoms with Crippen LogP contribution in [0.5, 0.6) is 0 Å². The molecule has 1 aliphatic carbocycles. The van der Waals surface area contributed by atoms with Gasteiger partial charge in [-0.1, -0.05) is 5.16 Å². The summed E-state index contributed by atoms with van der Waals surface area (Å²) < 4.78 is 4.94. The van der Waals surface area contributed by atoms with E-state index in [1.54, 1.807) is 6.92 Å². The molecule has 1 heterocycles. The minimum Gasteiger partial charge on any atom is -0.340 e. The second-order valence-electron chi connectivity index (χ2n) is 4.32. The van der Waals surface area contributed by atoms with E-state index >= 15 is 0 Å². The summed E-state index contributed by atoms with van der Waals surface area (Å²) in [7, 11) is 0. The molecule has 0 aromatic carbocycles. The molecular formula is C11H16N4O. The molecule has 0 unspecified atom stereocenters. The predicted octanol–water partition coefficient (Wildman–Crippen LogP) is 1.50. The Labute approximate surface area is 95.0 Å². The van der Waals surface area contributed by atoms with Crippen molar-refractivity contribution in [3.8, 4) is 6.07 Å². The Balaban J connectivity index is 1.87. The average molecular weight is 220 g/mol. The van der Waals surface area contributed by atoms with Crippen molar-refractivity contribution in [3.05, 3.63) is 11.7 Å². The monoisotopic (exact) mass is 220 g/mol. The van der Waals surface area contributed by atoms with Crippen molar-refractivity contribution < 1.29 is 4.52 Å². The molecular weight excluding hydrogens is 204 g/mol. The number of rotatable bonds is 6. The smallest absolute Gasteiger partial charge is 0.223 e. The van der Waals surface area contributed by atoms with Crippen LogP contribution in [0.25, 0.3) is 0 Å². The summed E-state index contributed by atoms with van der Waals surface area (Å²) in [5.74, 6) is 2.13. The second kappa shape index (κ2) is 5.08. The lowest BCUT2D eigenvalue weighted by Gasteiger charge is -2.18. The van der Waals surface area contributed by atoms with Crippen molar-refractivity contribution in [2.45, 2.75) is 32.7 Å². The molecule has 5 heteroatoms. The van der Waals surface area contributed by atoms with E-state index in [4.69, 9.17) is 9.78 Å². The normalized spacial score (nSPS) is 15.3. The van der Waals surface area contributed by atoms with Crippen molar-refractivity contribution >= 4 is 0 Å². The van der Waals surface area contributed by atoms with Gasteiger partial charge in [-0.25, -0.2) is 0 Å². The van der Waals surface area contributed by atoms with Crippen LogP contribution in [0.1, 0.15) is 31.0 Å². The maximum Gasteiger partial charge on any atom is 0.223 e. The Kier molecular flexibility index (Phi) is 3.52. The Morgan fingerprint density at radius 3 is 2.94 bits per heavy atom. The van der Waals surface area contributed by atoms with Gasteiger partial charge >= 0.3 is 0 Å². The van der Waals surface area contributed by atoms with Crippen LogP contribution in [0, 0.1) is 24.2 Å². The molecule has 0 amide bonds. The molecule has 0 radical (unpaired) electrons. The summed E-state index contributed by atoms with van der Waals surface area (Å²) in [6.45, 7) is 4.32. The van der Waals surface area contributed by atoms with Crippen molar-refractivity contribution in [3.63, 3.8) is 0 Å². The van der Waals surface area contributed by atoms with E-state index in [1.807, 2.05) is 0 Å². The third kappa shape index (κ3) is 3.31. The minimum absolute atomic E-state index is 0.559. The molecule has 1 aliphatic rings. The number of hydrogen-bond donors (Lipinski definition) is 0. The molecule has 0 spiro atoms. The van der Waals surface area contributed by atoms with Gasteiger partial charge in [-0.05, 0) is 18.8 Å². The quantitative estimate of drug-likeness (QED) is 0.726. The summed E-state index contributed by atoms with van der Waals surface area (Å²) in [5, 5.41) is 12.5. The lowest BCUT2D eigenvalue weighted by Crippen LogP contribution is -2.27. The summed E-state index contributed by atoms with van der Waals surface area (Å²) in [6.07, 6.45) is 3.19. The molecule has 1 aromatic heterocycles. The number of aromatic nitrogens is 2. The van der Waals surface area contributed by atoms with Crippen LogP contribution in [0.15, 0.2) is 4.52 Å². The fourth-order valence-corrected chi connectivity index (χ4v) is 1.71. The predicted molar refractivity (Wildman–Crippen MR) is 57.3 cm³/mol. The molecule has 16 heavy (non-hydrogen) atoms. The van der Waals surface area contributed by atoms with Gasteiger partial charge in [0.1, 0.15) is 0 Å². The molecule has 0 N–H and O–H groups in total. The van der Waals surface area contributed by atoms with Crippen molar-refractivity contribution in [2.75, 3.05) is 13.1 Å². The lowest BCUT2D eigenvalue weighted by atomic mass is 10.3. The Hall–Kier alpha value is -1.41. The van der Waals surface area contributed by atoms with E-state index in [2.05, 4.69) is 21.1 Å². The Bertz CT molecular complexity index is 378. The van der Waals surface area contributed by atoms with Gasteiger partial charge < -0.3 is 4.52 Å². The number of nitriles is 1. The van der Waals surface area contributed by atoms with Crippen LogP contribution < -0.4 is 0 Å². The standard InChI is InChI=1S/C11H16N4O/c1-9-13-11(14-16-9)8-15(6-2-5-12)7-10-3-4-10/h10H,2-4,6-8H2,1H3. The second-order valence-corrected chi connectivity index (χ2v) is 4.32. The highest BCUT2D eigenvalue weighted by Gasteiger charge is 2.24. The largest absolute Gasteiger partial charge is 0.340 e. The van der Waals surface area contributed by atoms with Crippen molar-refractivity contribution in [2.24, 2.45) is 5.92 Å². The van der Waals surface area contributed by atoms with Crippen LogP contribution >= 0.6 is 0 Å². The topological polar surface area (TPSA) is 66.0 Å². The summed E-state index contributed by atoms with van der Waals surface area (Å²) in [6, 6.07) is 2.18. The number of nitrogens with zero attached hydrogens (tertiary/aromatic N) is 4. The van der Waals surface area contributed by atoms with Crippen LogP contribution in [0.3, 0.4) is 0 Å². The van der Waals surface area contributed by atoms with E-state index in [9.17, 15) is 0 Å². The molecule has 86 valence electrons. The van der Waals surface area contributed by atoms with Gasteiger partial charge in [0.2, 0.25) is 5.89 Å². The fraction of sp³-hybridized carbons (Fsp3) is 0.727. The Morgan fingerprint density at radius 1 is 1.56 bits per heavy atom. The third-order valence-electron chi connectivity index (χ3n) is 2.69. The van der Waals surface area contributed by atoms with Gasteiger partial charge in [0.15, 0.2) is 5.82 Å². The molecule has 1 fully saturated rings. The maximum absolute atomic E-state index is 8.61. The SMILES string of the molecule is Cc1nc(CN(CCC#N)CC2CC2)no1. The summed E-state index contributed by atoms with van der Waals surface area (Å²) in [4.78, 5) is 6.43. The van der Waals surface area contributed by atoms with Crippen molar-refractivity contribution in [1.29, 1.82) is 5.26 Å². The van der Waals surface area contributed by atoms with Crippen LogP contribution in [0.2, 0.25) is 0 Å². The van der Waals surface area contributed by atoms with Gasteiger partial charge in [-0.2, -0.15) is 10.2 Å². The minimum atomic E-state index is 0.559. The average Bonchev–Trinajstić information content (AvgIpc) is 2.98. The first-order valence-electron chi connectivity index (χ1n) is 5.66. The highest BCUT2D eigenvalue weighted by Crippen LogP contribution is 2.30. The van der Waals surface area contributed by atoms with Gasteiger partial charge in [-0.3, -0.25) is 4.90 Å². The van der Waals surface area contributed by atoms with E-state index in [0.717, 1.165) is 24.8 Å². The van der Waals surface area contributed by atoms with E-state index < -0.39 is 0 Å². The molecule has 0 bridgehead atoms. The van der Waals surface area contributed by atoms with E-state index in [0.29, 0.717) is 18.9 Å². The van der Waals surface area contributed by atoms with Gasteiger partial charge in [0.05, 0.1) is 12.6 Å². The zero-order valence-corrected chi connectivity index (χ0v) is 9.52. The van der Waals surface area contributed by atoms with E-state index in [-0.39, 0.29) is 0 Å². The number of aryl methyl sites for hydroxylation is 1. The first-order chi connectivity index (χ1) is 7.78. The highest BCUT2D eigenvalue weighted by molar-refractivity contribution is 4.87. The first kappa shape index (κ1) is 11.1. The molecule has 2 rings (SSSR count). The Morgan fingerprint density at radius 2 is 2.38 bits per heavy atom.